The molecular formula is C27H23Cl2N5O2S2. The number of benzene rings is 3. The molecule has 0 spiro atoms. The Morgan fingerprint density at radius 2 is 1.68 bits per heavy atom. The lowest BCUT2D eigenvalue weighted by Crippen LogP contribution is -2.32. The zero-order chi connectivity index (χ0) is 26.8. The van der Waals surface area contributed by atoms with Crippen molar-refractivity contribution in [2.45, 2.75) is 34.8 Å². The number of aromatic nitrogens is 3. The molecule has 4 aromatic rings. The Balaban J connectivity index is 1.30. The number of nitrogens with one attached hydrogen (secondary N) is 2. The predicted molar refractivity (Wildman–Crippen MR) is 153 cm³/mol. The summed E-state index contributed by atoms with van der Waals surface area (Å²) in [5.74, 6) is 0.234. The third-order valence-corrected chi connectivity index (χ3v) is 8.42. The SMILES string of the molecule is CC(C)[C@H](NC(=O)c1ccc(Cl)cc1Cl)c1nc(SCC(=O)N2c3ccccc3Sc3ccccc32)n[nH]1. The molecule has 7 nitrogen and oxygen atoms in total. The third-order valence-electron chi connectivity index (χ3n) is 5.91. The van der Waals surface area contributed by atoms with E-state index in [1.807, 2.05) is 62.4 Å². The molecule has 2 amide bonds. The Morgan fingerprint density at radius 3 is 2.32 bits per heavy atom. The lowest BCUT2D eigenvalue weighted by atomic mass is 10.0. The Kier molecular flexibility index (Phi) is 7.99. The molecule has 1 atom stereocenters. The number of nitrogens with zero attached hydrogens (tertiary/aromatic N) is 3. The van der Waals surface area contributed by atoms with Crippen LogP contribution in [0.1, 0.15) is 36.1 Å². The van der Waals surface area contributed by atoms with Gasteiger partial charge in [-0.25, -0.2) is 4.98 Å². The van der Waals surface area contributed by atoms with E-state index < -0.39 is 6.04 Å². The molecule has 0 unspecified atom stereocenters. The van der Waals surface area contributed by atoms with Crippen molar-refractivity contribution in [3.8, 4) is 0 Å². The van der Waals surface area contributed by atoms with Crippen LogP contribution in [0.5, 0.6) is 0 Å². The summed E-state index contributed by atoms with van der Waals surface area (Å²) in [4.78, 5) is 34.8. The highest BCUT2D eigenvalue weighted by molar-refractivity contribution is 8.00. The Hall–Kier alpha value is -2.98. The van der Waals surface area contributed by atoms with Crippen molar-refractivity contribution >= 4 is 69.9 Å². The van der Waals surface area contributed by atoms with Crippen LogP contribution in [0.4, 0.5) is 11.4 Å². The van der Waals surface area contributed by atoms with E-state index in [1.165, 1.54) is 17.8 Å². The average Bonchev–Trinajstić information content (AvgIpc) is 3.37. The molecule has 0 fully saturated rings. The number of halogens is 2. The zero-order valence-corrected chi connectivity index (χ0v) is 23.6. The topological polar surface area (TPSA) is 91.0 Å². The molecule has 194 valence electrons. The standard InChI is InChI=1S/C27H23Cl2N5O2S2/c1-15(2)24(30-26(36)17-12-11-16(28)13-18(17)29)25-31-27(33-32-25)37-14-23(35)34-19-7-3-5-9-21(19)38-22-10-6-4-8-20(22)34/h3-13,15,24H,14H2,1-2H3,(H,30,36)(H,31,32,33)/t24-/m0/s1. The number of carbonyl (C=O) groups excluding carboxylic acids is 2. The molecule has 11 heteroatoms. The first-order chi connectivity index (χ1) is 18.3. The van der Waals surface area contributed by atoms with Gasteiger partial charge in [0.1, 0.15) is 5.82 Å². The second kappa shape index (κ2) is 11.4. The largest absolute Gasteiger partial charge is 0.342 e. The van der Waals surface area contributed by atoms with Crippen molar-refractivity contribution in [3.05, 3.63) is 88.2 Å². The summed E-state index contributed by atoms with van der Waals surface area (Å²) in [6.07, 6.45) is 0. The highest BCUT2D eigenvalue weighted by Gasteiger charge is 2.29. The van der Waals surface area contributed by atoms with Gasteiger partial charge < -0.3 is 5.32 Å². The molecule has 3 aromatic carbocycles. The van der Waals surface area contributed by atoms with Crippen molar-refractivity contribution in [1.29, 1.82) is 0 Å². The normalized spacial score (nSPS) is 13.1. The molecule has 0 radical (unpaired) electrons. The van der Waals surface area contributed by atoms with E-state index in [9.17, 15) is 9.59 Å². The second-order valence-corrected chi connectivity index (χ2v) is 11.7. The van der Waals surface area contributed by atoms with Crippen molar-refractivity contribution in [2.24, 2.45) is 5.92 Å². The number of amides is 2. The highest BCUT2D eigenvalue weighted by Crippen LogP contribution is 2.48. The first kappa shape index (κ1) is 26.6. The van der Waals surface area contributed by atoms with Gasteiger partial charge >= 0.3 is 0 Å². The average molecular weight is 585 g/mol. The van der Waals surface area contributed by atoms with Gasteiger partial charge in [0.15, 0.2) is 0 Å². The van der Waals surface area contributed by atoms with Gasteiger partial charge in [0.2, 0.25) is 11.1 Å². The number of carbonyl (C=O) groups is 2. The van der Waals surface area contributed by atoms with Gasteiger partial charge in [0, 0.05) is 14.8 Å². The molecule has 38 heavy (non-hydrogen) atoms. The number of hydrogen-bond donors (Lipinski definition) is 2. The van der Waals surface area contributed by atoms with Crippen LogP contribution in [-0.4, -0.2) is 32.7 Å². The van der Waals surface area contributed by atoms with Crippen molar-refractivity contribution in [1.82, 2.24) is 20.5 Å². The highest BCUT2D eigenvalue weighted by atomic mass is 35.5. The summed E-state index contributed by atoms with van der Waals surface area (Å²) in [5.41, 5.74) is 2.04. The molecule has 1 aliphatic heterocycles. The number of fused-ring (bicyclic) bond motifs is 2. The molecule has 0 saturated heterocycles. The minimum atomic E-state index is -0.440. The van der Waals surface area contributed by atoms with Crippen LogP contribution in [-0.2, 0) is 4.79 Å². The summed E-state index contributed by atoms with van der Waals surface area (Å²) < 4.78 is 0. The van der Waals surface area contributed by atoms with E-state index in [0.29, 0.717) is 21.6 Å². The molecule has 2 N–H and O–H groups in total. The van der Waals surface area contributed by atoms with Crippen molar-refractivity contribution in [2.75, 3.05) is 10.7 Å². The molecule has 0 saturated carbocycles. The fourth-order valence-electron chi connectivity index (χ4n) is 4.07. The monoisotopic (exact) mass is 583 g/mol. The molecule has 1 aliphatic rings. The van der Waals surface area contributed by atoms with Gasteiger partial charge in [-0.1, -0.05) is 84.8 Å². The van der Waals surface area contributed by atoms with Gasteiger partial charge in [-0.2, -0.15) is 0 Å². The summed E-state index contributed by atoms with van der Waals surface area (Å²) in [5, 5.41) is 11.3. The summed E-state index contributed by atoms with van der Waals surface area (Å²) >= 11 is 15.1. The lowest BCUT2D eigenvalue weighted by molar-refractivity contribution is -0.115. The van der Waals surface area contributed by atoms with Gasteiger partial charge in [0.05, 0.1) is 33.8 Å². The smallest absolute Gasteiger partial charge is 0.253 e. The molecular weight excluding hydrogens is 561 g/mol. The number of anilines is 2. The first-order valence-electron chi connectivity index (χ1n) is 11.8. The van der Waals surface area contributed by atoms with Gasteiger partial charge in [0.25, 0.3) is 5.91 Å². The number of para-hydroxylation sites is 2. The number of hydrogen-bond acceptors (Lipinski definition) is 6. The fraction of sp³-hybridized carbons (Fsp3) is 0.185. The Labute approximate surface area is 238 Å². The summed E-state index contributed by atoms with van der Waals surface area (Å²) in [7, 11) is 0. The molecule has 0 bridgehead atoms. The van der Waals surface area contributed by atoms with Gasteiger partial charge in [-0.3, -0.25) is 19.6 Å². The third kappa shape index (κ3) is 5.56. The molecule has 1 aromatic heterocycles. The van der Waals surface area contributed by atoms with Gasteiger partial charge in [-0.05, 0) is 48.4 Å². The molecule has 2 heterocycles. The van der Waals surface area contributed by atoms with Crippen molar-refractivity contribution < 1.29 is 9.59 Å². The van der Waals surface area contributed by atoms with Crippen LogP contribution in [0.15, 0.2) is 81.7 Å². The van der Waals surface area contributed by atoms with Crippen LogP contribution in [0, 0.1) is 5.92 Å². The Bertz CT molecular complexity index is 1460. The van der Waals surface area contributed by atoms with Crippen molar-refractivity contribution in [3.63, 3.8) is 0 Å². The van der Waals surface area contributed by atoms with E-state index in [-0.39, 0.29) is 28.5 Å². The van der Waals surface area contributed by atoms with E-state index in [2.05, 4.69) is 20.5 Å². The predicted octanol–water partition coefficient (Wildman–Crippen LogP) is 7.16. The van der Waals surface area contributed by atoms with Crippen LogP contribution >= 0.6 is 46.7 Å². The molecule has 0 aliphatic carbocycles. The minimum absolute atomic E-state index is 0.0105. The summed E-state index contributed by atoms with van der Waals surface area (Å²) in [6, 6.07) is 20.0. The van der Waals surface area contributed by atoms with Crippen LogP contribution in [0.2, 0.25) is 10.0 Å². The van der Waals surface area contributed by atoms with E-state index >= 15 is 0 Å². The number of aromatic amines is 1. The Morgan fingerprint density at radius 1 is 1.03 bits per heavy atom. The van der Waals surface area contributed by atoms with Crippen LogP contribution in [0.25, 0.3) is 0 Å². The maximum absolute atomic E-state index is 13.5. The quantitative estimate of drug-likeness (QED) is 0.224. The number of rotatable bonds is 7. The summed E-state index contributed by atoms with van der Waals surface area (Å²) in [6.45, 7) is 3.94. The van der Waals surface area contributed by atoms with Crippen LogP contribution < -0.4 is 10.2 Å². The maximum atomic E-state index is 13.5. The lowest BCUT2D eigenvalue weighted by Gasteiger charge is -2.30. The fourth-order valence-corrected chi connectivity index (χ4v) is 6.28. The number of H-pyrrole nitrogens is 1. The van der Waals surface area contributed by atoms with Gasteiger partial charge in [-0.15, -0.1) is 5.10 Å². The second-order valence-electron chi connectivity index (χ2n) is 8.88. The van der Waals surface area contributed by atoms with E-state index in [1.54, 1.807) is 28.8 Å². The zero-order valence-electron chi connectivity index (χ0n) is 20.4. The molecule has 5 rings (SSSR count). The number of thioether (sulfide) groups is 1. The van der Waals surface area contributed by atoms with E-state index in [0.717, 1.165) is 21.2 Å². The first-order valence-corrected chi connectivity index (χ1v) is 14.4. The maximum Gasteiger partial charge on any atom is 0.253 e. The van der Waals surface area contributed by atoms with Crippen LogP contribution in [0.3, 0.4) is 0 Å². The van der Waals surface area contributed by atoms with E-state index in [4.69, 9.17) is 23.2 Å². The minimum Gasteiger partial charge on any atom is -0.342 e.